The maximum Gasteiger partial charge on any atom is 0.265 e. The molecule has 2 amide bonds. The lowest BCUT2D eigenvalue weighted by Gasteiger charge is -2.14. The van der Waals surface area contributed by atoms with Crippen molar-refractivity contribution in [3.05, 3.63) is 42.5 Å². The summed E-state index contributed by atoms with van der Waals surface area (Å²) in [6.07, 6.45) is 0.0537. The molecular weight excluding hydrogens is 410 g/mol. The molecule has 162 valence electrons. The van der Waals surface area contributed by atoms with Gasteiger partial charge >= 0.3 is 0 Å². The highest BCUT2D eigenvalue weighted by molar-refractivity contribution is 7.92. The first-order valence-corrected chi connectivity index (χ1v) is 10.7. The van der Waals surface area contributed by atoms with E-state index in [9.17, 15) is 18.0 Å². The number of anilines is 2. The third-order valence-electron chi connectivity index (χ3n) is 3.88. The number of nitrogens with one attached hydrogen (secondary N) is 3. The molecule has 0 saturated heterocycles. The zero-order valence-electron chi connectivity index (χ0n) is 17.0. The topological polar surface area (TPSA) is 123 Å². The second-order valence-corrected chi connectivity index (χ2v) is 7.86. The number of hydrogen-bond acceptors (Lipinski definition) is 6. The Morgan fingerprint density at radius 2 is 1.70 bits per heavy atom. The van der Waals surface area contributed by atoms with Crippen LogP contribution in [0.4, 0.5) is 11.4 Å². The van der Waals surface area contributed by atoms with Gasteiger partial charge in [0.15, 0.2) is 0 Å². The lowest BCUT2D eigenvalue weighted by molar-refractivity contribution is -0.119. The number of carbonyl (C=O) groups excluding carboxylic acids is 2. The van der Waals surface area contributed by atoms with Crippen LogP contribution in [0.1, 0.15) is 20.3 Å². The molecule has 10 heteroatoms. The van der Waals surface area contributed by atoms with Gasteiger partial charge in [-0.3, -0.25) is 14.3 Å². The van der Waals surface area contributed by atoms with E-state index in [1.54, 1.807) is 24.3 Å². The Hall–Kier alpha value is -3.27. The lowest BCUT2D eigenvalue weighted by Crippen LogP contribution is -2.25. The van der Waals surface area contributed by atoms with Gasteiger partial charge < -0.3 is 20.1 Å². The monoisotopic (exact) mass is 435 g/mol. The van der Waals surface area contributed by atoms with Gasteiger partial charge in [0, 0.05) is 31.3 Å². The maximum atomic E-state index is 12.9. The molecule has 0 bridgehead atoms. The third-order valence-corrected chi connectivity index (χ3v) is 5.28. The predicted octanol–water partition coefficient (Wildman–Crippen LogP) is 2.36. The highest BCUT2D eigenvalue weighted by Crippen LogP contribution is 2.29. The van der Waals surface area contributed by atoms with E-state index in [-0.39, 0.29) is 41.1 Å². The van der Waals surface area contributed by atoms with Gasteiger partial charge in [0.05, 0.1) is 13.7 Å². The molecule has 30 heavy (non-hydrogen) atoms. The lowest BCUT2D eigenvalue weighted by atomic mass is 10.3. The Balaban J connectivity index is 2.18. The van der Waals surface area contributed by atoms with Crippen molar-refractivity contribution in [2.24, 2.45) is 0 Å². The van der Waals surface area contributed by atoms with Gasteiger partial charge in [0.1, 0.15) is 16.4 Å². The molecule has 9 nitrogen and oxygen atoms in total. The van der Waals surface area contributed by atoms with E-state index >= 15 is 0 Å². The number of amides is 2. The zero-order valence-corrected chi connectivity index (χ0v) is 17.8. The van der Waals surface area contributed by atoms with Gasteiger partial charge in [-0.25, -0.2) is 8.42 Å². The van der Waals surface area contributed by atoms with Gasteiger partial charge in [-0.1, -0.05) is 0 Å². The highest BCUT2D eigenvalue weighted by atomic mass is 32.2. The molecule has 0 unspecified atom stereocenters. The van der Waals surface area contributed by atoms with Crippen LogP contribution in [0.3, 0.4) is 0 Å². The second-order valence-electron chi connectivity index (χ2n) is 6.21. The van der Waals surface area contributed by atoms with E-state index in [0.717, 1.165) is 0 Å². The molecule has 0 atom stereocenters. The average molecular weight is 436 g/mol. The van der Waals surface area contributed by atoms with Gasteiger partial charge in [-0.15, -0.1) is 0 Å². The summed E-state index contributed by atoms with van der Waals surface area (Å²) in [7, 11) is -2.63. The molecule has 2 aromatic carbocycles. The summed E-state index contributed by atoms with van der Waals surface area (Å²) >= 11 is 0. The molecule has 0 aromatic heterocycles. The standard InChI is InChI=1S/C20H25N3O6S/c1-4-29-17-8-5-15(6-9-17)23-30(26,27)19-13-16(7-10-18(19)28-3)22-20(25)11-12-21-14(2)24/h5-10,13,23H,4,11-12H2,1-3H3,(H,21,24)(H,22,25). The zero-order chi connectivity index (χ0) is 22.1. The molecule has 3 N–H and O–H groups in total. The smallest absolute Gasteiger partial charge is 0.265 e. The average Bonchev–Trinajstić information content (AvgIpc) is 2.69. The first-order valence-electron chi connectivity index (χ1n) is 9.23. The molecule has 0 saturated carbocycles. The largest absolute Gasteiger partial charge is 0.495 e. The van der Waals surface area contributed by atoms with Crippen LogP contribution in [-0.4, -0.2) is 40.5 Å². The number of methoxy groups -OCH3 is 1. The van der Waals surface area contributed by atoms with Crippen LogP contribution in [0.25, 0.3) is 0 Å². The Kier molecular flexibility index (Phi) is 8.05. The van der Waals surface area contributed by atoms with Gasteiger partial charge in [0.2, 0.25) is 11.8 Å². The van der Waals surface area contributed by atoms with Crippen molar-refractivity contribution in [1.82, 2.24) is 5.32 Å². The summed E-state index contributed by atoms with van der Waals surface area (Å²) in [5.74, 6) is 0.157. The molecule has 0 aliphatic rings. The van der Waals surface area contributed by atoms with E-state index in [4.69, 9.17) is 9.47 Å². The van der Waals surface area contributed by atoms with E-state index in [1.165, 1.54) is 32.2 Å². The van der Waals surface area contributed by atoms with Crippen molar-refractivity contribution in [3.63, 3.8) is 0 Å². The van der Waals surface area contributed by atoms with E-state index < -0.39 is 10.0 Å². The number of rotatable bonds is 10. The molecule has 0 radical (unpaired) electrons. The summed E-state index contributed by atoms with van der Waals surface area (Å²) < 4.78 is 38.8. The van der Waals surface area contributed by atoms with Crippen LogP contribution < -0.4 is 24.8 Å². The van der Waals surface area contributed by atoms with Gasteiger partial charge in [0.25, 0.3) is 10.0 Å². The summed E-state index contributed by atoms with van der Waals surface area (Å²) in [6.45, 7) is 3.90. The molecular formula is C20H25N3O6S. The molecule has 0 heterocycles. The van der Waals surface area contributed by atoms with Gasteiger partial charge in [-0.2, -0.15) is 0 Å². The minimum atomic E-state index is -3.99. The van der Waals surface area contributed by atoms with Crippen molar-refractivity contribution in [1.29, 1.82) is 0 Å². The Labute approximate surface area is 175 Å². The third kappa shape index (κ3) is 6.66. The molecule has 0 spiro atoms. The molecule has 2 rings (SSSR count). The molecule has 2 aromatic rings. The van der Waals surface area contributed by atoms with E-state index in [1.807, 2.05) is 6.92 Å². The number of sulfonamides is 1. The Bertz CT molecular complexity index is 990. The number of benzene rings is 2. The first-order chi connectivity index (χ1) is 14.2. The van der Waals surface area contributed by atoms with Crippen LogP contribution >= 0.6 is 0 Å². The quantitative estimate of drug-likeness (QED) is 0.527. The van der Waals surface area contributed by atoms with Crippen molar-refractivity contribution in [2.45, 2.75) is 25.2 Å². The highest BCUT2D eigenvalue weighted by Gasteiger charge is 2.21. The SMILES string of the molecule is CCOc1ccc(NS(=O)(=O)c2cc(NC(=O)CCNC(C)=O)ccc2OC)cc1. The Morgan fingerprint density at radius 3 is 2.30 bits per heavy atom. The second kappa shape index (κ2) is 10.5. The van der Waals surface area contributed by atoms with E-state index in [0.29, 0.717) is 18.0 Å². The minimum absolute atomic E-state index is 0.0537. The van der Waals surface area contributed by atoms with Gasteiger partial charge in [-0.05, 0) is 49.4 Å². The molecule has 0 fully saturated rings. The number of ether oxygens (including phenoxy) is 2. The number of carbonyl (C=O) groups is 2. The van der Waals surface area contributed by atoms with Crippen molar-refractivity contribution in [2.75, 3.05) is 30.3 Å². The first kappa shape index (κ1) is 23.0. The molecule has 0 aliphatic heterocycles. The van der Waals surface area contributed by atoms with Crippen LogP contribution in [0.5, 0.6) is 11.5 Å². The summed E-state index contributed by atoms with van der Waals surface area (Å²) in [4.78, 5) is 22.8. The molecule has 0 aliphatic carbocycles. The fraction of sp³-hybridized carbons (Fsp3) is 0.300. The van der Waals surface area contributed by atoms with E-state index in [2.05, 4.69) is 15.4 Å². The van der Waals surface area contributed by atoms with Crippen molar-refractivity contribution in [3.8, 4) is 11.5 Å². The normalized spacial score (nSPS) is 10.8. The predicted molar refractivity (Wildman–Crippen MR) is 113 cm³/mol. The fourth-order valence-electron chi connectivity index (χ4n) is 2.54. The van der Waals surface area contributed by atoms with Crippen molar-refractivity contribution >= 4 is 33.2 Å². The van der Waals surface area contributed by atoms with Crippen LogP contribution in [0.15, 0.2) is 47.4 Å². The van der Waals surface area contributed by atoms with Crippen LogP contribution in [-0.2, 0) is 19.6 Å². The summed E-state index contributed by atoms with van der Waals surface area (Å²) in [5, 5.41) is 5.13. The van der Waals surface area contributed by atoms with Crippen LogP contribution in [0, 0.1) is 0 Å². The Morgan fingerprint density at radius 1 is 1.03 bits per heavy atom. The van der Waals surface area contributed by atoms with Crippen LogP contribution in [0.2, 0.25) is 0 Å². The fourth-order valence-corrected chi connectivity index (χ4v) is 3.79. The maximum absolute atomic E-state index is 12.9. The minimum Gasteiger partial charge on any atom is -0.495 e. The van der Waals surface area contributed by atoms with Crippen molar-refractivity contribution < 1.29 is 27.5 Å². The summed E-state index contributed by atoms with van der Waals surface area (Å²) in [6, 6.07) is 10.8. The summed E-state index contributed by atoms with van der Waals surface area (Å²) in [5.41, 5.74) is 0.640. The number of hydrogen-bond donors (Lipinski definition) is 3.